The van der Waals surface area contributed by atoms with Gasteiger partial charge in [0.1, 0.15) is 5.75 Å². The predicted octanol–water partition coefficient (Wildman–Crippen LogP) is 3.15. The number of rotatable bonds is 7. The maximum absolute atomic E-state index is 12.0. The van der Waals surface area contributed by atoms with Crippen molar-refractivity contribution in [3.63, 3.8) is 0 Å². The van der Waals surface area contributed by atoms with E-state index in [1.165, 1.54) is 12.1 Å². The molecule has 1 heterocycles. The Bertz CT molecular complexity index is 1110. The van der Waals surface area contributed by atoms with Crippen LogP contribution in [0.5, 0.6) is 11.5 Å². The van der Waals surface area contributed by atoms with E-state index in [2.05, 4.69) is 20.9 Å². The summed E-state index contributed by atoms with van der Waals surface area (Å²) in [6, 6.07) is 8.35. The van der Waals surface area contributed by atoms with Crippen molar-refractivity contribution in [1.29, 1.82) is 5.26 Å². The second kappa shape index (κ2) is 10.9. The van der Waals surface area contributed by atoms with Gasteiger partial charge in [-0.05, 0) is 43.2 Å². The minimum absolute atomic E-state index is 0.0755. The highest BCUT2D eigenvalue weighted by Crippen LogP contribution is 2.39. The van der Waals surface area contributed by atoms with Crippen LogP contribution in [0, 0.1) is 11.3 Å². The quantitative estimate of drug-likeness (QED) is 0.432. The lowest BCUT2D eigenvalue weighted by Crippen LogP contribution is -2.47. The number of carbonyl (C=O) groups excluding carboxylic acids is 3. The fourth-order valence-corrected chi connectivity index (χ4v) is 3.52. The van der Waals surface area contributed by atoms with Crippen LogP contribution in [-0.2, 0) is 16.0 Å². The molecule has 33 heavy (non-hydrogen) atoms. The van der Waals surface area contributed by atoms with E-state index >= 15 is 0 Å². The zero-order valence-electron chi connectivity index (χ0n) is 17.3. The van der Waals surface area contributed by atoms with Crippen molar-refractivity contribution >= 4 is 46.8 Å². The standard InChI is InChI=1S/C21H19Cl2N5O5/c1-2-32-21(31)26-20(30)17(10-24)28-27-12-7-15(22)18(16(23)8-12)33-13-4-3-11-5-6-25-19(29)14(11)9-13/h3-4,7-9,17,27-28H,2,5-6H2,1H3,(H,25,29)(H,26,30,31). The van der Waals surface area contributed by atoms with Crippen LogP contribution in [0.4, 0.5) is 10.5 Å². The number of nitriles is 1. The van der Waals surface area contributed by atoms with E-state index < -0.39 is 18.0 Å². The Kier molecular flexibility index (Phi) is 7.95. The third-order valence-corrected chi connectivity index (χ3v) is 5.04. The molecule has 1 unspecified atom stereocenters. The molecular weight excluding hydrogens is 473 g/mol. The largest absolute Gasteiger partial charge is 0.454 e. The molecule has 3 rings (SSSR count). The van der Waals surface area contributed by atoms with Crippen molar-refractivity contribution < 1.29 is 23.9 Å². The molecule has 1 atom stereocenters. The van der Waals surface area contributed by atoms with Gasteiger partial charge in [0, 0.05) is 12.1 Å². The highest BCUT2D eigenvalue weighted by atomic mass is 35.5. The highest BCUT2D eigenvalue weighted by molar-refractivity contribution is 6.37. The Morgan fingerprint density at radius 3 is 2.64 bits per heavy atom. The van der Waals surface area contributed by atoms with E-state index in [1.54, 1.807) is 25.1 Å². The molecule has 2 aromatic carbocycles. The number of alkyl carbamates (subject to hydrolysis) is 1. The van der Waals surface area contributed by atoms with Crippen LogP contribution in [0.25, 0.3) is 0 Å². The fraction of sp³-hybridized carbons (Fsp3) is 0.238. The number of nitrogens with one attached hydrogen (secondary N) is 4. The molecular formula is C21H19Cl2N5O5. The lowest BCUT2D eigenvalue weighted by molar-refractivity contribution is -0.121. The van der Waals surface area contributed by atoms with E-state index in [0.29, 0.717) is 23.5 Å². The Hall–Kier alpha value is -3.52. The van der Waals surface area contributed by atoms with E-state index in [1.807, 2.05) is 11.4 Å². The van der Waals surface area contributed by atoms with Crippen LogP contribution in [0.2, 0.25) is 10.0 Å². The van der Waals surface area contributed by atoms with Gasteiger partial charge in [-0.3, -0.25) is 14.9 Å². The molecule has 0 radical (unpaired) electrons. The van der Waals surface area contributed by atoms with Gasteiger partial charge in [-0.1, -0.05) is 29.3 Å². The SMILES string of the molecule is CCOC(=O)NC(=O)C(C#N)NNc1cc(Cl)c(Oc2ccc3c(c2)C(=O)NCC3)c(Cl)c1. The summed E-state index contributed by atoms with van der Waals surface area (Å²) in [5, 5.41) is 14.1. The minimum atomic E-state index is -1.41. The Labute approximate surface area is 199 Å². The van der Waals surface area contributed by atoms with E-state index in [9.17, 15) is 19.6 Å². The van der Waals surface area contributed by atoms with Crippen molar-refractivity contribution in [3.8, 4) is 17.6 Å². The third kappa shape index (κ3) is 6.04. The van der Waals surface area contributed by atoms with Gasteiger partial charge in [0.05, 0.1) is 28.4 Å². The fourth-order valence-electron chi connectivity index (χ4n) is 2.95. The normalized spacial score (nSPS) is 13.1. The molecule has 0 saturated carbocycles. The highest BCUT2D eigenvalue weighted by Gasteiger charge is 2.21. The molecule has 0 spiro atoms. The van der Waals surface area contributed by atoms with E-state index in [0.717, 1.165) is 12.0 Å². The summed E-state index contributed by atoms with van der Waals surface area (Å²) in [7, 11) is 0. The summed E-state index contributed by atoms with van der Waals surface area (Å²) in [4.78, 5) is 35.3. The molecule has 0 aromatic heterocycles. The number of anilines is 1. The van der Waals surface area contributed by atoms with Crippen LogP contribution < -0.4 is 26.2 Å². The number of fused-ring (bicyclic) bond motifs is 1. The number of amides is 3. The number of halogens is 2. The summed E-state index contributed by atoms with van der Waals surface area (Å²) in [5.41, 5.74) is 6.88. The number of hydrogen-bond acceptors (Lipinski definition) is 8. The number of imide groups is 1. The summed E-state index contributed by atoms with van der Waals surface area (Å²) in [6.45, 7) is 2.24. The molecule has 2 aromatic rings. The van der Waals surface area contributed by atoms with Crippen molar-refractivity contribution in [2.24, 2.45) is 0 Å². The Morgan fingerprint density at radius 1 is 1.24 bits per heavy atom. The second-order valence-electron chi connectivity index (χ2n) is 6.74. The molecule has 10 nitrogen and oxygen atoms in total. The van der Waals surface area contributed by atoms with Crippen molar-refractivity contribution in [3.05, 3.63) is 51.5 Å². The summed E-state index contributed by atoms with van der Waals surface area (Å²) >= 11 is 12.6. The maximum Gasteiger partial charge on any atom is 0.413 e. The van der Waals surface area contributed by atoms with Gasteiger partial charge in [0.15, 0.2) is 11.8 Å². The molecule has 0 bridgehead atoms. The molecule has 0 fully saturated rings. The second-order valence-corrected chi connectivity index (χ2v) is 7.55. The first-order valence-corrected chi connectivity index (χ1v) is 10.5. The van der Waals surface area contributed by atoms with Gasteiger partial charge in [-0.15, -0.1) is 0 Å². The molecule has 4 N–H and O–H groups in total. The van der Waals surface area contributed by atoms with Gasteiger partial charge < -0.3 is 20.2 Å². The average Bonchev–Trinajstić information content (AvgIpc) is 2.77. The number of carbonyl (C=O) groups is 3. The molecule has 172 valence electrons. The smallest absolute Gasteiger partial charge is 0.413 e. The van der Waals surface area contributed by atoms with Gasteiger partial charge >= 0.3 is 6.09 Å². The number of hydrogen-bond donors (Lipinski definition) is 4. The molecule has 1 aliphatic heterocycles. The van der Waals surface area contributed by atoms with E-state index in [-0.39, 0.29) is 28.3 Å². The predicted molar refractivity (Wildman–Crippen MR) is 120 cm³/mol. The lowest BCUT2D eigenvalue weighted by atomic mass is 10.0. The molecule has 1 aliphatic rings. The number of ether oxygens (including phenoxy) is 2. The molecule has 3 amide bonds. The van der Waals surface area contributed by atoms with Crippen LogP contribution in [0.1, 0.15) is 22.8 Å². The van der Waals surface area contributed by atoms with Gasteiger partial charge in [0.25, 0.3) is 11.8 Å². The topological polar surface area (TPSA) is 142 Å². The van der Waals surface area contributed by atoms with Gasteiger partial charge in [-0.2, -0.15) is 5.26 Å². The van der Waals surface area contributed by atoms with Crippen LogP contribution in [-0.4, -0.2) is 37.1 Å². The third-order valence-electron chi connectivity index (χ3n) is 4.48. The number of nitrogens with zero attached hydrogens (tertiary/aromatic N) is 1. The van der Waals surface area contributed by atoms with Crippen LogP contribution in [0.15, 0.2) is 30.3 Å². The monoisotopic (exact) mass is 491 g/mol. The van der Waals surface area contributed by atoms with Crippen LogP contribution in [0.3, 0.4) is 0 Å². The zero-order chi connectivity index (χ0) is 24.0. The number of benzene rings is 2. The first-order valence-electron chi connectivity index (χ1n) is 9.79. The lowest BCUT2D eigenvalue weighted by Gasteiger charge is -2.18. The van der Waals surface area contributed by atoms with Crippen molar-refractivity contribution in [2.75, 3.05) is 18.6 Å². The minimum Gasteiger partial charge on any atom is -0.454 e. The van der Waals surface area contributed by atoms with Crippen molar-refractivity contribution in [1.82, 2.24) is 16.1 Å². The maximum atomic E-state index is 12.0. The summed E-state index contributed by atoms with van der Waals surface area (Å²) < 4.78 is 10.4. The summed E-state index contributed by atoms with van der Waals surface area (Å²) in [6.07, 6.45) is -0.227. The van der Waals surface area contributed by atoms with Crippen LogP contribution >= 0.6 is 23.2 Å². The molecule has 0 saturated heterocycles. The summed E-state index contributed by atoms with van der Waals surface area (Å²) in [5.74, 6) is -0.536. The van der Waals surface area contributed by atoms with Gasteiger partial charge in [-0.25, -0.2) is 10.2 Å². The van der Waals surface area contributed by atoms with E-state index in [4.69, 9.17) is 27.9 Å². The van der Waals surface area contributed by atoms with Crippen molar-refractivity contribution in [2.45, 2.75) is 19.4 Å². The zero-order valence-corrected chi connectivity index (χ0v) is 18.8. The molecule has 0 aliphatic carbocycles. The number of hydrazine groups is 1. The Balaban J connectivity index is 1.68. The Morgan fingerprint density at radius 2 is 1.97 bits per heavy atom. The first-order chi connectivity index (χ1) is 15.8. The first kappa shape index (κ1) is 24.1. The average molecular weight is 492 g/mol. The molecule has 12 heteroatoms. The van der Waals surface area contributed by atoms with Gasteiger partial charge in [0.2, 0.25) is 0 Å².